The highest BCUT2D eigenvalue weighted by Gasteiger charge is 2.47. The molecule has 132 valence electrons. The second-order valence-corrected chi connectivity index (χ2v) is 7.50. The van der Waals surface area contributed by atoms with E-state index in [9.17, 15) is 4.79 Å². The van der Waals surface area contributed by atoms with Gasteiger partial charge in [0.15, 0.2) is 0 Å². The molecular formula is C21H26N2O2. The number of carbonyl (C=O) groups is 1. The van der Waals surface area contributed by atoms with E-state index in [4.69, 9.17) is 4.42 Å². The second-order valence-electron chi connectivity index (χ2n) is 7.50. The number of furan rings is 1. The van der Waals surface area contributed by atoms with E-state index in [0.29, 0.717) is 5.91 Å². The molecule has 1 amide bonds. The van der Waals surface area contributed by atoms with Crippen LogP contribution in [0.3, 0.4) is 0 Å². The van der Waals surface area contributed by atoms with E-state index in [2.05, 4.69) is 34.1 Å². The fraction of sp³-hybridized carbons (Fsp3) is 0.476. The molecule has 0 aliphatic carbocycles. The number of benzene rings is 1. The van der Waals surface area contributed by atoms with Gasteiger partial charge in [0.25, 0.3) is 0 Å². The predicted molar refractivity (Wildman–Crippen MR) is 97.0 cm³/mol. The second kappa shape index (κ2) is 7.04. The van der Waals surface area contributed by atoms with Crippen LogP contribution in [-0.4, -0.2) is 41.9 Å². The number of amides is 1. The summed E-state index contributed by atoms with van der Waals surface area (Å²) in [7, 11) is 0. The first-order chi connectivity index (χ1) is 12.3. The van der Waals surface area contributed by atoms with Gasteiger partial charge in [-0.05, 0) is 43.9 Å². The zero-order valence-corrected chi connectivity index (χ0v) is 14.7. The highest BCUT2D eigenvalue weighted by molar-refractivity contribution is 5.84. The van der Waals surface area contributed by atoms with Crippen molar-refractivity contribution in [3.05, 3.63) is 60.1 Å². The first-order valence-electron chi connectivity index (χ1n) is 9.32. The maximum atomic E-state index is 13.2. The van der Waals surface area contributed by atoms with E-state index in [-0.39, 0.29) is 5.41 Å². The Hall–Kier alpha value is -2.07. The Balaban J connectivity index is 1.38. The van der Waals surface area contributed by atoms with Crippen LogP contribution in [0.1, 0.15) is 30.4 Å². The number of piperidine rings is 1. The van der Waals surface area contributed by atoms with Crippen molar-refractivity contribution < 1.29 is 9.21 Å². The summed E-state index contributed by atoms with van der Waals surface area (Å²) in [6, 6.07) is 12.5. The summed E-state index contributed by atoms with van der Waals surface area (Å²) in [6.45, 7) is 4.53. The van der Waals surface area contributed by atoms with Crippen molar-refractivity contribution in [2.45, 2.75) is 32.2 Å². The molecule has 1 unspecified atom stereocenters. The molecule has 1 atom stereocenters. The Bertz CT molecular complexity index is 698. The van der Waals surface area contributed by atoms with Crippen LogP contribution in [0.15, 0.2) is 53.3 Å². The zero-order valence-electron chi connectivity index (χ0n) is 14.7. The van der Waals surface area contributed by atoms with Crippen molar-refractivity contribution in [3.8, 4) is 0 Å². The molecule has 1 aromatic heterocycles. The van der Waals surface area contributed by atoms with E-state index in [1.165, 1.54) is 11.1 Å². The minimum absolute atomic E-state index is 0.154. The Morgan fingerprint density at radius 2 is 1.92 bits per heavy atom. The number of nitrogens with zero attached hydrogens (tertiary/aromatic N) is 2. The van der Waals surface area contributed by atoms with Crippen LogP contribution in [0, 0.1) is 5.41 Å². The summed E-state index contributed by atoms with van der Waals surface area (Å²) in [5, 5.41) is 0. The molecule has 1 aromatic carbocycles. The normalized spacial score (nSPS) is 24.3. The highest BCUT2D eigenvalue weighted by Crippen LogP contribution is 2.40. The minimum Gasteiger partial charge on any atom is -0.472 e. The van der Waals surface area contributed by atoms with Crippen LogP contribution in [0.25, 0.3) is 0 Å². The van der Waals surface area contributed by atoms with Crippen LogP contribution >= 0.6 is 0 Å². The van der Waals surface area contributed by atoms with Gasteiger partial charge in [-0.15, -0.1) is 0 Å². The highest BCUT2D eigenvalue weighted by atomic mass is 16.3. The maximum Gasteiger partial charge on any atom is 0.230 e. The Morgan fingerprint density at radius 1 is 1.04 bits per heavy atom. The Labute approximate surface area is 149 Å². The SMILES string of the molecule is O=C1N(CCc2ccccc2)CCCC12CCN(Cc1ccoc1)C2. The van der Waals surface area contributed by atoms with Gasteiger partial charge < -0.3 is 9.32 Å². The van der Waals surface area contributed by atoms with Gasteiger partial charge in [0, 0.05) is 31.7 Å². The molecule has 4 heteroatoms. The fourth-order valence-electron chi connectivity index (χ4n) is 4.39. The summed E-state index contributed by atoms with van der Waals surface area (Å²) < 4.78 is 5.17. The average molecular weight is 338 g/mol. The van der Waals surface area contributed by atoms with Crippen LogP contribution in [0.4, 0.5) is 0 Å². The van der Waals surface area contributed by atoms with Crippen molar-refractivity contribution >= 4 is 5.91 Å². The van der Waals surface area contributed by atoms with Gasteiger partial charge in [0.2, 0.25) is 5.91 Å². The molecule has 1 spiro atoms. The summed E-state index contributed by atoms with van der Waals surface area (Å²) in [4.78, 5) is 17.7. The molecule has 2 aromatic rings. The summed E-state index contributed by atoms with van der Waals surface area (Å²) in [6.07, 6.45) is 7.63. The van der Waals surface area contributed by atoms with Crippen molar-refractivity contribution in [2.75, 3.05) is 26.2 Å². The van der Waals surface area contributed by atoms with E-state index in [1.54, 1.807) is 12.5 Å². The molecule has 3 heterocycles. The Kier molecular flexibility index (Phi) is 4.62. The molecule has 0 N–H and O–H groups in total. The van der Waals surface area contributed by atoms with Gasteiger partial charge in [0.1, 0.15) is 0 Å². The van der Waals surface area contributed by atoms with E-state index in [0.717, 1.165) is 58.4 Å². The largest absolute Gasteiger partial charge is 0.472 e. The summed E-state index contributed by atoms with van der Waals surface area (Å²) in [5.41, 5.74) is 2.35. The van der Waals surface area contributed by atoms with Gasteiger partial charge in [-0.1, -0.05) is 30.3 Å². The lowest BCUT2D eigenvalue weighted by Gasteiger charge is -2.39. The molecule has 0 bridgehead atoms. The molecule has 4 nitrogen and oxygen atoms in total. The molecule has 2 aliphatic rings. The van der Waals surface area contributed by atoms with Crippen molar-refractivity contribution in [2.24, 2.45) is 5.41 Å². The Morgan fingerprint density at radius 3 is 2.72 bits per heavy atom. The molecular weight excluding hydrogens is 312 g/mol. The monoisotopic (exact) mass is 338 g/mol. The average Bonchev–Trinajstić information content (AvgIpc) is 3.29. The topological polar surface area (TPSA) is 36.7 Å². The number of carbonyl (C=O) groups excluding carboxylic acids is 1. The van der Waals surface area contributed by atoms with E-state index >= 15 is 0 Å². The zero-order chi connectivity index (χ0) is 17.1. The summed E-state index contributed by atoms with van der Waals surface area (Å²) >= 11 is 0. The number of rotatable bonds is 5. The predicted octanol–water partition coefficient (Wildman–Crippen LogP) is 3.34. The molecule has 0 saturated carbocycles. The first-order valence-corrected chi connectivity index (χ1v) is 9.32. The van der Waals surface area contributed by atoms with Gasteiger partial charge in [-0.2, -0.15) is 0 Å². The number of hydrogen-bond donors (Lipinski definition) is 0. The third-order valence-electron chi connectivity index (χ3n) is 5.76. The quantitative estimate of drug-likeness (QED) is 0.839. The molecule has 4 rings (SSSR count). The molecule has 0 radical (unpaired) electrons. The van der Waals surface area contributed by atoms with Gasteiger partial charge in [-0.25, -0.2) is 0 Å². The third kappa shape index (κ3) is 3.49. The molecule has 25 heavy (non-hydrogen) atoms. The van der Waals surface area contributed by atoms with E-state index < -0.39 is 0 Å². The van der Waals surface area contributed by atoms with Gasteiger partial charge in [0.05, 0.1) is 17.9 Å². The van der Waals surface area contributed by atoms with Crippen LogP contribution in [0.2, 0.25) is 0 Å². The minimum atomic E-state index is -0.154. The van der Waals surface area contributed by atoms with Crippen LogP contribution < -0.4 is 0 Å². The van der Waals surface area contributed by atoms with Gasteiger partial charge in [-0.3, -0.25) is 9.69 Å². The van der Waals surface area contributed by atoms with Crippen LogP contribution in [-0.2, 0) is 17.8 Å². The molecule has 2 fully saturated rings. The van der Waals surface area contributed by atoms with Crippen LogP contribution in [0.5, 0.6) is 0 Å². The summed E-state index contributed by atoms with van der Waals surface area (Å²) in [5.74, 6) is 0.379. The lowest BCUT2D eigenvalue weighted by molar-refractivity contribution is -0.145. The number of likely N-dealkylation sites (tertiary alicyclic amines) is 2. The van der Waals surface area contributed by atoms with Gasteiger partial charge >= 0.3 is 0 Å². The number of hydrogen-bond acceptors (Lipinski definition) is 3. The van der Waals surface area contributed by atoms with Crippen molar-refractivity contribution in [1.29, 1.82) is 0 Å². The molecule has 2 saturated heterocycles. The lowest BCUT2D eigenvalue weighted by Crippen LogP contribution is -2.50. The van der Waals surface area contributed by atoms with Crippen molar-refractivity contribution in [3.63, 3.8) is 0 Å². The molecule has 2 aliphatic heterocycles. The van der Waals surface area contributed by atoms with Crippen molar-refractivity contribution in [1.82, 2.24) is 9.80 Å². The maximum absolute atomic E-state index is 13.2. The first kappa shape index (κ1) is 16.4. The fourth-order valence-corrected chi connectivity index (χ4v) is 4.39. The van der Waals surface area contributed by atoms with E-state index in [1.807, 2.05) is 12.1 Å². The smallest absolute Gasteiger partial charge is 0.230 e. The third-order valence-corrected chi connectivity index (χ3v) is 5.76. The standard InChI is InChI=1S/C21H26N2O2/c24-20-21(10-13-22(17-21)15-19-8-14-25-16-19)9-4-11-23(20)12-7-18-5-2-1-3-6-18/h1-3,5-6,8,14,16H,4,7,9-13,15,17H2. The lowest BCUT2D eigenvalue weighted by atomic mass is 9.78.